The molecule has 0 atom stereocenters. The third kappa shape index (κ3) is 4.35. The van der Waals surface area contributed by atoms with Gasteiger partial charge in [-0.25, -0.2) is 0 Å². The minimum atomic E-state index is 0.636. The van der Waals surface area contributed by atoms with Gasteiger partial charge in [-0.3, -0.25) is 9.98 Å². The number of para-hydroxylation sites is 2. The van der Waals surface area contributed by atoms with Crippen LogP contribution in [0.1, 0.15) is 33.4 Å². The Labute approximate surface area is 223 Å². The van der Waals surface area contributed by atoms with E-state index in [1.165, 1.54) is 44.8 Å². The summed E-state index contributed by atoms with van der Waals surface area (Å²) >= 11 is 0. The molecule has 0 radical (unpaired) electrons. The van der Waals surface area contributed by atoms with Gasteiger partial charge in [-0.05, 0) is 46.5 Å². The fraction of sp³-hybridized carbons (Fsp3) is 0.118. The van der Waals surface area contributed by atoms with Gasteiger partial charge in [0.1, 0.15) is 0 Å². The first-order chi connectivity index (χ1) is 18.8. The fourth-order valence-electron chi connectivity index (χ4n) is 5.42. The Bertz CT molecular complexity index is 1510. The maximum atomic E-state index is 5.02. The van der Waals surface area contributed by atoms with Crippen LogP contribution < -0.4 is 9.80 Å². The highest BCUT2D eigenvalue weighted by atomic mass is 15.1. The molecule has 6 aliphatic rings. The summed E-state index contributed by atoms with van der Waals surface area (Å²) < 4.78 is 0. The molecule has 0 unspecified atom stereocenters. The second-order valence-electron chi connectivity index (χ2n) is 9.96. The number of rotatable bonds is 0. The maximum Gasteiger partial charge on any atom is 0.0686 e. The minimum absolute atomic E-state index is 0.636. The van der Waals surface area contributed by atoms with Crippen LogP contribution in [0.25, 0.3) is 0 Å². The van der Waals surface area contributed by atoms with Crippen molar-refractivity contribution in [1.82, 2.24) is 0 Å². The number of allylic oxidation sites excluding steroid dienone is 2. The molecule has 10 rings (SSSR count). The number of anilines is 2. The third-order valence-electron chi connectivity index (χ3n) is 7.39. The minimum Gasteiger partial charge on any atom is -0.343 e. The summed E-state index contributed by atoms with van der Waals surface area (Å²) in [6.45, 7) is 2.90. The van der Waals surface area contributed by atoms with Gasteiger partial charge in [0.15, 0.2) is 0 Å². The number of fused-ring (bicyclic) bond motifs is 1. The van der Waals surface area contributed by atoms with Gasteiger partial charge in [-0.15, -0.1) is 0 Å². The topological polar surface area (TPSA) is 31.2 Å². The lowest BCUT2D eigenvalue weighted by Crippen LogP contribution is -2.23. The molecule has 6 aliphatic heterocycles. The molecule has 4 heteroatoms. The lowest BCUT2D eigenvalue weighted by Gasteiger charge is -2.28. The first-order valence-corrected chi connectivity index (χ1v) is 13.1. The van der Waals surface area contributed by atoms with Gasteiger partial charge in [0.25, 0.3) is 0 Å². The van der Waals surface area contributed by atoms with Gasteiger partial charge in [0, 0.05) is 36.6 Å². The summed E-state index contributed by atoms with van der Waals surface area (Å²) in [4.78, 5) is 14.7. The van der Waals surface area contributed by atoms with Crippen molar-refractivity contribution in [2.45, 2.75) is 26.2 Å². The molecule has 6 heterocycles. The van der Waals surface area contributed by atoms with E-state index in [0.29, 0.717) is 13.1 Å². The van der Waals surface area contributed by atoms with E-state index in [-0.39, 0.29) is 0 Å². The highest BCUT2D eigenvalue weighted by molar-refractivity contribution is 6.14. The molecular weight excluding hydrogens is 464 g/mol. The largest absolute Gasteiger partial charge is 0.343 e. The molecule has 8 bridgehead atoms. The second-order valence-corrected chi connectivity index (χ2v) is 9.96. The summed E-state index contributed by atoms with van der Waals surface area (Å²) in [6.07, 6.45) is 8.61. The van der Waals surface area contributed by atoms with Crippen LogP contribution in [0, 0.1) is 0 Å². The number of hydrogen-bond donors (Lipinski definition) is 0. The van der Waals surface area contributed by atoms with Gasteiger partial charge in [-0.2, -0.15) is 0 Å². The molecule has 0 saturated heterocycles. The Hall–Kier alpha value is -4.70. The predicted molar refractivity (Wildman–Crippen MR) is 157 cm³/mol. The summed E-state index contributed by atoms with van der Waals surface area (Å²) in [6, 6.07) is 34.7. The molecule has 0 spiro atoms. The van der Waals surface area contributed by atoms with Crippen LogP contribution in [-0.4, -0.2) is 11.4 Å². The highest BCUT2D eigenvalue weighted by Gasteiger charge is 2.19. The van der Waals surface area contributed by atoms with Crippen LogP contribution >= 0.6 is 0 Å². The molecule has 4 nitrogen and oxygen atoms in total. The second kappa shape index (κ2) is 9.64. The van der Waals surface area contributed by atoms with Crippen LogP contribution in [0.5, 0.6) is 0 Å². The molecule has 38 heavy (non-hydrogen) atoms. The smallest absolute Gasteiger partial charge is 0.0686 e. The maximum absolute atomic E-state index is 5.02. The van der Waals surface area contributed by atoms with Gasteiger partial charge in [0.05, 0.1) is 35.9 Å². The Morgan fingerprint density at radius 2 is 0.947 bits per heavy atom. The Morgan fingerprint density at radius 3 is 1.45 bits per heavy atom. The third-order valence-corrected chi connectivity index (χ3v) is 7.39. The lowest BCUT2D eigenvalue weighted by molar-refractivity contribution is 0.941. The summed E-state index contributed by atoms with van der Waals surface area (Å²) in [5.74, 6) is 0. The average Bonchev–Trinajstić information content (AvgIpc) is 2.97. The van der Waals surface area contributed by atoms with Crippen LogP contribution in [-0.2, 0) is 26.2 Å². The van der Waals surface area contributed by atoms with E-state index < -0.39 is 0 Å². The number of hydrogen-bond acceptors (Lipinski definition) is 4. The van der Waals surface area contributed by atoms with Crippen molar-refractivity contribution in [2.75, 3.05) is 9.80 Å². The molecule has 0 aliphatic carbocycles. The van der Waals surface area contributed by atoms with Crippen molar-refractivity contribution in [2.24, 2.45) is 9.98 Å². The summed E-state index contributed by atoms with van der Waals surface area (Å²) in [5, 5.41) is 0. The molecule has 184 valence electrons. The molecule has 4 aromatic rings. The number of nitrogens with zero attached hydrogens (tertiary/aromatic N) is 4. The van der Waals surface area contributed by atoms with Crippen LogP contribution in [0.15, 0.2) is 132 Å². The Morgan fingerprint density at radius 1 is 0.474 bits per heavy atom. The zero-order valence-electron chi connectivity index (χ0n) is 21.2. The van der Waals surface area contributed by atoms with E-state index in [0.717, 1.165) is 24.5 Å². The Kier molecular flexibility index (Phi) is 5.71. The van der Waals surface area contributed by atoms with Crippen LogP contribution in [0.4, 0.5) is 11.4 Å². The van der Waals surface area contributed by atoms with E-state index in [4.69, 9.17) is 9.98 Å². The van der Waals surface area contributed by atoms with Gasteiger partial charge < -0.3 is 9.80 Å². The fourth-order valence-corrected chi connectivity index (χ4v) is 5.42. The molecular formula is C34H28N4. The molecule has 0 aromatic heterocycles. The summed E-state index contributed by atoms with van der Waals surface area (Å²) in [5.41, 5.74) is 11.7. The Balaban J connectivity index is 1.31. The van der Waals surface area contributed by atoms with Crippen molar-refractivity contribution in [3.05, 3.63) is 155 Å². The van der Waals surface area contributed by atoms with Crippen LogP contribution in [0.3, 0.4) is 0 Å². The van der Waals surface area contributed by atoms with Crippen molar-refractivity contribution in [3.8, 4) is 0 Å². The molecule has 0 fully saturated rings. The number of aliphatic imine (C=N–C) groups is 2. The lowest BCUT2D eigenvalue weighted by atomic mass is 10.0. The van der Waals surface area contributed by atoms with Crippen molar-refractivity contribution >= 4 is 22.8 Å². The molecule has 0 amide bonds. The van der Waals surface area contributed by atoms with Crippen molar-refractivity contribution in [1.29, 1.82) is 0 Å². The first-order valence-electron chi connectivity index (χ1n) is 13.1. The highest BCUT2D eigenvalue weighted by Crippen LogP contribution is 2.30. The SMILES string of the molecule is C1=CN2Cc3ccc(cc3)CN3C=CC(=NCc4cccc(c4)CN=C1c1ccccc12)c1ccccc13. The predicted octanol–water partition coefficient (Wildman–Crippen LogP) is 7.05. The van der Waals surface area contributed by atoms with E-state index >= 15 is 0 Å². The summed E-state index contributed by atoms with van der Waals surface area (Å²) in [7, 11) is 0. The van der Waals surface area contributed by atoms with Crippen molar-refractivity contribution < 1.29 is 0 Å². The van der Waals surface area contributed by atoms with E-state index in [1.54, 1.807) is 0 Å². The van der Waals surface area contributed by atoms with E-state index in [9.17, 15) is 0 Å². The normalized spacial score (nSPS) is 16.0. The van der Waals surface area contributed by atoms with Gasteiger partial charge in [0.2, 0.25) is 0 Å². The monoisotopic (exact) mass is 492 g/mol. The number of benzene rings is 4. The van der Waals surface area contributed by atoms with Crippen LogP contribution in [0.2, 0.25) is 0 Å². The first kappa shape index (κ1) is 22.5. The van der Waals surface area contributed by atoms with Crippen molar-refractivity contribution in [3.63, 3.8) is 0 Å². The standard InChI is InChI=1S/C34H28N4/c1-3-10-33-29(8-1)31-16-18-37(33)23-25-12-14-26(15-13-25)24-38-19-17-32(30-9-2-4-11-34(30)38)36-22-28-7-5-6-27(20-28)21-35-31/h1-20H,21-24H2. The van der Waals surface area contributed by atoms with Gasteiger partial charge in [-0.1, -0.05) is 84.9 Å². The molecule has 0 saturated carbocycles. The van der Waals surface area contributed by atoms with Gasteiger partial charge >= 0.3 is 0 Å². The quantitative estimate of drug-likeness (QED) is 0.263. The zero-order chi connectivity index (χ0) is 25.3. The average molecular weight is 493 g/mol. The zero-order valence-corrected chi connectivity index (χ0v) is 21.2. The molecule has 0 N–H and O–H groups in total. The van der Waals surface area contributed by atoms with E-state index in [1.807, 2.05) is 0 Å². The van der Waals surface area contributed by atoms with E-state index in [2.05, 4.69) is 131 Å². The molecule has 4 aromatic carbocycles.